The van der Waals surface area contributed by atoms with Crippen molar-refractivity contribution in [1.82, 2.24) is 9.80 Å². The summed E-state index contributed by atoms with van der Waals surface area (Å²) < 4.78 is 12.0. The van der Waals surface area contributed by atoms with E-state index in [0.29, 0.717) is 24.9 Å². The summed E-state index contributed by atoms with van der Waals surface area (Å²) in [6.45, 7) is 5.07. The van der Waals surface area contributed by atoms with Crippen molar-refractivity contribution in [3.05, 3.63) is 58.7 Å². The highest BCUT2D eigenvalue weighted by molar-refractivity contribution is 5.73. The molecule has 2 heterocycles. The van der Waals surface area contributed by atoms with Gasteiger partial charge in [0.15, 0.2) is 0 Å². The molecule has 2 aliphatic heterocycles. The van der Waals surface area contributed by atoms with Gasteiger partial charge in [-0.15, -0.1) is 0 Å². The van der Waals surface area contributed by atoms with E-state index in [0.717, 1.165) is 73.7 Å². The predicted octanol–water partition coefficient (Wildman–Crippen LogP) is 10.3. The average Bonchev–Trinajstić information content (AvgIpc) is 3.17. The number of rotatable bonds is 13. The lowest BCUT2D eigenvalue weighted by atomic mass is 9.52. The number of piperidine rings is 2. The van der Waals surface area contributed by atoms with Crippen LogP contribution >= 0.6 is 0 Å². The maximum absolute atomic E-state index is 13.0. The molecule has 4 bridgehead atoms. The van der Waals surface area contributed by atoms with Crippen LogP contribution in [0.5, 0.6) is 11.5 Å². The van der Waals surface area contributed by atoms with Crippen molar-refractivity contribution in [2.24, 2.45) is 23.7 Å². The molecule has 2 saturated heterocycles. The third-order valence-electron chi connectivity index (χ3n) is 17.3. The second-order valence-corrected chi connectivity index (χ2v) is 20.1. The van der Waals surface area contributed by atoms with Crippen LogP contribution in [0, 0.1) is 23.7 Å². The zero-order valence-corrected chi connectivity index (χ0v) is 34.3. The average molecular weight is 761 g/mol. The highest BCUT2D eigenvalue weighted by Crippen LogP contribution is 2.58. The van der Waals surface area contributed by atoms with Crippen molar-refractivity contribution in [1.29, 1.82) is 0 Å². The zero-order valence-electron chi connectivity index (χ0n) is 34.3. The quantitative estimate of drug-likeness (QED) is 0.115. The Morgan fingerprint density at radius 2 is 1.02 bits per heavy atom. The fourth-order valence-corrected chi connectivity index (χ4v) is 14.0. The van der Waals surface area contributed by atoms with Crippen molar-refractivity contribution in [3.63, 3.8) is 0 Å². The number of benzene rings is 2. The Labute approximate surface area is 336 Å². The molecule has 10 rings (SSSR count). The van der Waals surface area contributed by atoms with Crippen LogP contribution in [0.15, 0.2) is 36.4 Å². The molecule has 6 fully saturated rings. The van der Waals surface area contributed by atoms with Gasteiger partial charge in [0.2, 0.25) is 0 Å². The van der Waals surface area contributed by atoms with Crippen LogP contribution in [0.4, 0.5) is 0 Å². The first kappa shape index (κ1) is 37.6. The number of fused-ring (bicyclic) bond motifs is 2. The van der Waals surface area contributed by atoms with Crippen LogP contribution in [-0.4, -0.2) is 60.0 Å². The summed E-state index contributed by atoms with van der Waals surface area (Å²) in [6, 6.07) is 14.6. The molecule has 0 amide bonds. The van der Waals surface area contributed by atoms with Gasteiger partial charge >= 0.3 is 11.9 Å². The van der Waals surface area contributed by atoms with Gasteiger partial charge in [0.05, 0.1) is 0 Å². The van der Waals surface area contributed by atoms with Gasteiger partial charge in [-0.1, -0.05) is 63.5 Å². The molecule has 302 valence electrons. The fraction of sp³-hybridized carbons (Fsp3) is 0.720. The molecule has 0 N–H and O–H groups in total. The van der Waals surface area contributed by atoms with E-state index in [1.54, 1.807) is 0 Å². The lowest BCUT2D eigenvalue weighted by molar-refractivity contribution is -0.135. The molecule has 2 aromatic carbocycles. The molecular formula is C50H68N2O4. The normalized spacial score (nSPS) is 32.5. The number of carbonyl (C=O) groups excluding carboxylic acids is 2. The summed E-state index contributed by atoms with van der Waals surface area (Å²) in [6.07, 6.45) is 28.3. The van der Waals surface area contributed by atoms with Crippen molar-refractivity contribution in [3.8, 4) is 11.5 Å². The van der Waals surface area contributed by atoms with Crippen LogP contribution in [0.25, 0.3) is 0 Å². The Bertz CT molecular complexity index is 1640. The highest BCUT2D eigenvalue weighted by atomic mass is 16.5. The number of esters is 2. The first-order chi connectivity index (χ1) is 27.5. The van der Waals surface area contributed by atoms with Crippen LogP contribution in [0.3, 0.4) is 0 Å². The van der Waals surface area contributed by atoms with Crippen molar-refractivity contribution < 1.29 is 19.1 Å². The predicted molar refractivity (Wildman–Crippen MR) is 221 cm³/mol. The number of unbranched alkanes of at least 4 members (excludes halogenated alkanes) is 3. The standard InChI is InChI=1S/C50H68N2O4/c53-47(55-39-21-19-37-29-45-41-15-5-7-23-49(41,43(37)31-39)25-27-51(45)33-35-11-9-12-35)17-3-1-2-4-18-48(54)56-40-22-20-38-30-46-42-16-6-8-24-50(42,44(38)32-40)26-28-52(46)34-36-13-10-14-36/h19-22,31-32,35-36,41-42,45-46H,1-18,23-30,33-34H2/t41-,42-,45-,46-,49+,50+/m0/s1. The number of carbonyl (C=O) groups is 2. The monoisotopic (exact) mass is 761 g/mol. The minimum atomic E-state index is -0.131. The summed E-state index contributed by atoms with van der Waals surface area (Å²) >= 11 is 0. The minimum Gasteiger partial charge on any atom is -0.427 e. The van der Waals surface area contributed by atoms with Crippen LogP contribution in [-0.2, 0) is 33.3 Å². The van der Waals surface area contributed by atoms with Gasteiger partial charge in [-0.3, -0.25) is 19.4 Å². The molecule has 56 heavy (non-hydrogen) atoms. The molecule has 6 aliphatic carbocycles. The molecule has 6 heteroatoms. The van der Waals surface area contributed by atoms with Gasteiger partial charge < -0.3 is 9.47 Å². The van der Waals surface area contributed by atoms with Gasteiger partial charge in [0, 0.05) is 48.8 Å². The zero-order chi connectivity index (χ0) is 37.7. The summed E-state index contributed by atoms with van der Waals surface area (Å²) in [5.74, 6) is 4.55. The number of ether oxygens (including phenoxy) is 2. The number of likely N-dealkylation sites (tertiary alicyclic amines) is 2. The smallest absolute Gasteiger partial charge is 0.311 e. The molecule has 0 unspecified atom stereocenters. The highest BCUT2D eigenvalue weighted by Gasteiger charge is 2.55. The number of hydrogen-bond acceptors (Lipinski definition) is 6. The van der Waals surface area contributed by atoms with Gasteiger partial charge in [0.1, 0.15) is 11.5 Å². The molecule has 0 aromatic heterocycles. The second kappa shape index (κ2) is 15.8. The number of hydrogen-bond donors (Lipinski definition) is 0. The summed E-state index contributed by atoms with van der Waals surface area (Å²) in [5.41, 5.74) is 6.54. The van der Waals surface area contributed by atoms with Gasteiger partial charge in [0.25, 0.3) is 0 Å². The molecule has 8 aliphatic rings. The molecule has 2 aromatic rings. The van der Waals surface area contributed by atoms with E-state index >= 15 is 0 Å². The Morgan fingerprint density at radius 1 is 0.554 bits per heavy atom. The Kier molecular flexibility index (Phi) is 10.6. The Morgan fingerprint density at radius 3 is 1.45 bits per heavy atom. The van der Waals surface area contributed by atoms with E-state index in [2.05, 4.69) is 46.2 Å². The third-order valence-corrected chi connectivity index (χ3v) is 17.3. The number of nitrogens with zero attached hydrogens (tertiary/aromatic N) is 2. The largest absolute Gasteiger partial charge is 0.427 e. The van der Waals surface area contributed by atoms with Gasteiger partial charge in [-0.2, -0.15) is 0 Å². The van der Waals surface area contributed by atoms with Crippen LogP contribution < -0.4 is 9.47 Å². The lowest BCUT2D eigenvalue weighted by Gasteiger charge is -2.59. The minimum absolute atomic E-state index is 0.131. The molecule has 6 atom stereocenters. The maximum Gasteiger partial charge on any atom is 0.311 e. The van der Waals surface area contributed by atoms with E-state index in [9.17, 15) is 9.59 Å². The van der Waals surface area contributed by atoms with Crippen molar-refractivity contribution in [2.75, 3.05) is 26.2 Å². The summed E-state index contributed by atoms with van der Waals surface area (Å²) in [4.78, 5) is 31.8. The Balaban J connectivity index is 0.686. The Hall–Kier alpha value is -2.70. The van der Waals surface area contributed by atoms with Crippen molar-refractivity contribution in [2.45, 2.75) is 177 Å². The van der Waals surface area contributed by atoms with E-state index in [1.165, 1.54) is 151 Å². The second-order valence-electron chi connectivity index (χ2n) is 20.1. The van der Waals surface area contributed by atoms with Crippen LogP contribution in [0.1, 0.15) is 164 Å². The fourth-order valence-electron chi connectivity index (χ4n) is 14.0. The van der Waals surface area contributed by atoms with E-state index in [1.807, 2.05) is 0 Å². The lowest BCUT2D eigenvalue weighted by Crippen LogP contribution is -2.61. The van der Waals surface area contributed by atoms with Crippen molar-refractivity contribution >= 4 is 11.9 Å². The molecule has 0 radical (unpaired) electrons. The van der Waals surface area contributed by atoms with E-state index in [-0.39, 0.29) is 22.8 Å². The third kappa shape index (κ3) is 6.99. The van der Waals surface area contributed by atoms with E-state index in [4.69, 9.17) is 9.47 Å². The summed E-state index contributed by atoms with van der Waals surface area (Å²) in [7, 11) is 0. The SMILES string of the molecule is O=C(CCCCCCC(=O)Oc1ccc2c(c1)[C@@]13CCCC[C@H]1[C@H](C2)N(CC1CCC1)CC3)Oc1ccc2c(c1)[C@@]13CCCC[C@H]1[C@H](C2)N(CC1CCC1)CC3. The first-order valence-electron chi connectivity index (χ1n) is 23.6. The summed E-state index contributed by atoms with van der Waals surface area (Å²) in [5, 5.41) is 0. The molecule has 0 spiro atoms. The molecular weight excluding hydrogens is 693 g/mol. The first-order valence-corrected chi connectivity index (χ1v) is 23.6. The maximum atomic E-state index is 13.0. The topological polar surface area (TPSA) is 59.1 Å². The van der Waals surface area contributed by atoms with Gasteiger partial charge in [-0.25, -0.2) is 0 Å². The van der Waals surface area contributed by atoms with Gasteiger partial charge in [-0.05, 0) is 173 Å². The van der Waals surface area contributed by atoms with E-state index < -0.39 is 0 Å². The van der Waals surface area contributed by atoms with Crippen LogP contribution in [0.2, 0.25) is 0 Å². The molecule has 6 nitrogen and oxygen atoms in total. The molecule has 4 saturated carbocycles.